The van der Waals surface area contributed by atoms with Crippen LogP contribution in [0.3, 0.4) is 0 Å². The van der Waals surface area contributed by atoms with Crippen molar-refractivity contribution in [2.75, 3.05) is 0 Å². The number of aryl methyl sites for hydroxylation is 2. The van der Waals surface area contributed by atoms with Gasteiger partial charge in [-0.15, -0.1) is 0 Å². The largest absolute Gasteiger partial charge is 0.331 e. The minimum absolute atomic E-state index is 0. The zero-order chi connectivity index (χ0) is 15.3. The second-order valence-corrected chi connectivity index (χ2v) is 3.23. The molecule has 0 saturated heterocycles. The van der Waals surface area contributed by atoms with Gasteiger partial charge in [-0.2, -0.15) is 0 Å². The van der Waals surface area contributed by atoms with Gasteiger partial charge in [0, 0.05) is 28.8 Å². The van der Waals surface area contributed by atoms with Gasteiger partial charge < -0.3 is 4.57 Å². The molecule has 0 saturated carbocycles. The Morgan fingerprint density at radius 1 is 1.10 bits per heavy atom. The summed E-state index contributed by atoms with van der Waals surface area (Å²) in [5.41, 5.74) is 2.96. The van der Waals surface area contributed by atoms with Crippen LogP contribution in [0.1, 0.15) is 69.4 Å². The fraction of sp³-hybridized carbons (Fsp3) is 0.647. The highest BCUT2D eigenvalue weighted by Crippen LogP contribution is 2.11. The topological polar surface area (TPSA) is 30.7 Å². The Labute approximate surface area is 136 Å². The van der Waals surface area contributed by atoms with Gasteiger partial charge in [0.25, 0.3) is 0 Å². The summed E-state index contributed by atoms with van der Waals surface area (Å²) in [6.07, 6.45) is 4.98. The molecule has 0 bridgehead atoms. The maximum atomic E-state index is 4.45. The van der Waals surface area contributed by atoms with Gasteiger partial charge in [-0.3, -0.25) is 4.98 Å². The molecule has 0 unspecified atom stereocenters. The smallest absolute Gasteiger partial charge is 0.158 e. The Balaban J connectivity index is -0.0000000966. The molecule has 0 spiro atoms. The van der Waals surface area contributed by atoms with Gasteiger partial charge in [0.15, 0.2) is 5.65 Å². The van der Waals surface area contributed by atoms with Gasteiger partial charge in [0.1, 0.15) is 5.52 Å². The van der Waals surface area contributed by atoms with Crippen molar-refractivity contribution in [3.8, 4) is 0 Å². The first-order valence-electron chi connectivity index (χ1n) is 7.59. The Morgan fingerprint density at radius 2 is 1.62 bits per heavy atom. The average molecular weight is 295 g/mol. The quantitative estimate of drug-likeness (QED) is 0.662. The Kier molecular flexibility index (Phi) is 24.9. The minimum atomic E-state index is 0. The Bertz CT molecular complexity index is 431. The summed E-state index contributed by atoms with van der Waals surface area (Å²) in [4.78, 5) is 8.75. The molecule has 4 heteroatoms. The molecular weight excluding hydrogens is 257 g/mol. The van der Waals surface area contributed by atoms with Crippen molar-refractivity contribution < 1.29 is 1.43 Å². The molecule has 0 aromatic carbocycles. The number of aromatic nitrogens is 3. The average Bonchev–Trinajstić information content (AvgIpc) is 2.88. The van der Waals surface area contributed by atoms with Gasteiger partial charge in [-0.25, -0.2) is 4.98 Å². The highest BCUT2D eigenvalue weighted by Gasteiger charge is 2.01. The number of nitrogens with zero attached hydrogens (tertiary/aromatic N) is 3. The van der Waals surface area contributed by atoms with Crippen LogP contribution in [0.25, 0.3) is 11.2 Å². The molecule has 2 aromatic rings. The predicted octanol–water partition coefficient (Wildman–Crippen LogP) is 5.73. The van der Waals surface area contributed by atoms with Crippen molar-refractivity contribution in [2.24, 2.45) is 0 Å². The Hall–Kier alpha value is -1.32. The maximum absolute atomic E-state index is 4.45. The van der Waals surface area contributed by atoms with Crippen LogP contribution in [-0.2, 0) is 6.54 Å². The van der Waals surface area contributed by atoms with E-state index in [0.29, 0.717) is 0 Å². The van der Waals surface area contributed by atoms with E-state index in [1.165, 1.54) is 0 Å². The molecule has 2 rings (SSSR count). The van der Waals surface area contributed by atoms with E-state index in [2.05, 4.69) is 21.5 Å². The third-order valence-electron chi connectivity index (χ3n) is 2.05. The highest BCUT2D eigenvalue weighted by molar-refractivity contribution is 5.75. The van der Waals surface area contributed by atoms with Crippen molar-refractivity contribution in [2.45, 2.75) is 75.8 Å². The van der Waals surface area contributed by atoms with Gasteiger partial charge in [-0.05, 0) is 19.4 Å². The number of rotatable bonds is 2. The summed E-state index contributed by atoms with van der Waals surface area (Å²) in [5, 5.41) is 0. The van der Waals surface area contributed by atoms with Gasteiger partial charge in [0.05, 0.1) is 5.69 Å². The normalized spacial score (nSPS) is 7.62. The lowest BCUT2D eigenvalue weighted by atomic mass is 10.4. The zero-order valence-electron chi connectivity index (χ0n) is 14.6. The van der Waals surface area contributed by atoms with Crippen LogP contribution < -0.4 is 0 Å². The van der Waals surface area contributed by atoms with E-state index in [9.17, 15) is 0 Å². The maximum Gasteiger partial charge on any atom is 0.158 e. The van der Waals surface area contributed by atoms with Crippen molar-refractivity contribution >= 4 is 19.6 Å². The molecular formula is C17H37BN3. The highest BCUT2D eigenvalue weighted by atomic mass is 15.0. The molecule has 21 heavy (non-hydrogen) atoms. The summed E-state index contributed by atoms with van der Waals surface area (Å²) in [7, 11) is 0. The summed E-state index contributed by atoms with van der Waals surface area (Å²) in [5.74, 6) is 0. The molecule has 0 fully saturated rings. The molecule has 0 aliphatic carbocycles. The third kappa shape index (κ3) is 9.27. The first-order valence-corrected chi connectivity index (χ1v) is 7.59. The van der Waals surface area contributed by atoms with Gasteiger partial charge in [-0.1, -0.05) is 55.9 Å². The van der Waals surface area contributed by atoms with Crippen molar-refractivity contribution in [1.82, 2.24) is 14.5 Å². The van der Waals surface area contributed by atoms with E-state index < -0.39 is 0 Å². The molecule has 2 aromatic heterocycles. The van der Waals surface area contributed by atoms with Gasteiger partial charge >= 0.3 is 0 Å². The summed E-state index contributed by atoms with van der Waals surface area (Å²) < 4.78 is 2.15. The standard InChI is InChI=1S/C10H13N3.3C2H6.CH4.B.H2/c1-3-5-13-6-4-9-10(13)12-8(2)7-11-9;3*1-2;;;/h4,6-7H,3,5H2,1-2H3;3*1-2H3;1H4;;1H/i;;;;;;1+1. The Morgan fingerprint density at radius 3 is 2.10 bits per heavy atom. The number of hydrogen-bond donors (Lipinski definition) is 0. The lowest BCUT2D eigenvalue weighted by Crippen LogP contribution is -1.97. The molecule has 3 nitrogen and oxygen atoms in total. The number of hydrogen-bond acceptors (Lipinski definition) is 2. The summed E-state index contributed by atoms with van der Waals surface area (Å²) >= 11 is 0. The predicted molar refractivity (Wildman–Crippen MR) is 101 cm³/mol. The monoisotopic (exact) mass is 295 g/mol. The van der Waals surface area contributed by atoms with Crippen LogP contribution >= 0.6 is 0 Å². The summed E-state index contributed by atoms with van der Waals surface area (Å²) in [6.45, 7) is 17.1. The lowest BCUT2D eigenvalue weighted by molar-refractivity contribution is 0.696. The fourth-order valence-corrected chi connectivity index (χ4v) is 1.46. The van der Waals surface area contributed by atoms with Crippen LogP contribution in [0, 0.1) is 6.92 Å². The van der Waals surface area contributed by atoms with Crippen LogP contribution in [0.15, 0.2) is 18.5 Å². The molecule has 0 aliphatic rings. The molecule has 123 valence electrons. The third-order valence-corrected chi connectivity index (χ3v) is 2.05. The van der Waals surface area contributed by atoms with E-state index in [4.69, 9.17) is 0 Å². The first kappa shape index (κ1) is 27.9. The molecule has 0 atom stereocenters. The molecule has 0 N–H and O–H groups in total. The van der Waals surface area contributed by atoms with E-state index in [1.807, 2.05) is 60.7 Å². The first-order chi connectivity index (χ1) is 9.31. The van der Waals surface area contributed by atoms with Gasteiger partial charge in [0.2, 0.25) is 0 Å². The fourth-order valence-electron chi connectivity index (χ4n) is 1.46. The van der Waals surface area contributed by atoms with Crippen molar-refractivity contribution in [3.05, 3.63) is 24.2 Å². The van der Waals surface area contributed by atoms with Crippen LogP contribution in [0.5, 0.6) is 0 Å². The second kappa shape index (κ2) is 18.7. The minimum Gasteiger partial charge on any atom is -0.331 e. The second-order valence-electron chi connectivity index (χ2n) is 3.23. The summed E-state index contributed by atoms with van der Waals surface area (Å²) in [6, 6.07) is 2.01. The van der Waals surface area contributed by atoms with Crippen LogP contribution in [0.4, 0.5) is 0 Å². The molecule has 0 aliphatic heterocycles. The number of fused-ring (bicyclic) bond motifs is 1. The zero-order valence-corrected chi connectivity index (χ0v) is 14.6. The van der Waals surface area contributed by atoms with E-state index in [0.717, 1.165) is 29.8 Å². The van der Waals surface area contributed by atoms with E-state index in [1.54, 1.807) is 6.20 Å². The van der Waals surface area contributed by atoms with Crippen LogP contribution in [-0.4, -0.2) is 22.9 Å². The van der Waals surface area contributed by atoms with E-state index in [-0.39, 0.29) is 17.3 Å². The van der Waals surface area contributed by atoms with E-state index >= 15 is 0 Å². The van der Waals surface area contributed by atoms with Crippen molar-refractivity contribution in [1.29, 1.82) is 0 Å². The van der Waals surface area contributed by atoms with Crippen molar-refractivity contribution in [3.63, 3.8) is 0 Å². The molecule has 2 heterocycles. The molecule has 0 amide bonds. The lowest BCUT2D eigenvalue weighted by Gasteiger charge is -2.01. The molecule has 3 radical (unpaired) electrons. The van der Waals surface area contributed by atoms with Crippen LogP contribution in [0.2, 0.25) is 0 Å². The SMILES string of the molecule is C.CC.CC.CC.CCCn1ccc2ncc(C)nc21.[2HH].[B].